The minimum Gasteiger partial charge on any atom is -0.331 e. The molecule has 0 spiro atoms. The summed E-state index contributed by atoms with van der Waals surface area (Å²) >= 11 is 0. The third kappa shape index (κ3) is 18.5. The van der Waals surface area contributed by atoms with Gasteiger partial charge in [0.1, 0.15) is 0 Å². The van der Waals surface area contributed by atoms with E-state index in [9.17, 15) is 0 Å². The second kappa shape index (κ2) is 14.2. The lowest BCUT2D eigenvalue weighted by atomic mass is 9.92. The number of hydrogen-bond acceptors (Lipinski definition) is 2. The standard InChI is InChI=1S/C7H17N.C2H7N.C2H4/c1-5(2)6(3)7(4)8;1-2-3;1-2/h5-7H,8H2,1-4H3;2-3H2,1H3;1-2H2. The van der Waals surface area contributed by atoms with Gasteiger partial charge < -0.3 is 11.5 Å². The predicted octanol–water partition coefficient (Wildman–Crippen LogP) is 2.39. The van der Waals surface area contributed by atoms with Crippen molar-refractivity contribution in [3.05, 3.63) is 13.2 Å². The van der Waals surface area contributed by atoms with Gasteiger partial charge in [-0.25, -0.2) is 0 Å². The molecule has 2 unspecified atom stereocenters. The molecular formula is C11H28N2. The molecule has 2 nitrogen and oxygen atoms in total. The molecule has 0 heterocycles. The fourth-order valence-electron chi connectivity index (χ4n) is 0.607. The smallest absolute Gasteiger partial charge is 0.00385 e. The Morgan fingerprint density at radius 2 is 1.31 bits per heavy atom. The van der Waals surface area contributed by atoms with E-state index in [1.807, 2.05) is 6.92 Å². The Balaban J connectivity index is -0.000000169. The van der Waals surface area contributed by atoms with E-state index in [1.54, 1.807) is 0 Å². The van der Waals surface area contributed by atoms with E-state index in [-0.39, 0.29) is 0 Å². The van der Waals surface area contributed by atoms with Crippen LogP contribution < -0.4 is 11.5 Å². The van der Waals surface area contributed by atoms with Gasteiger partial charge in [-0.3, -0.25) is 0 Å². The molecule has 4 N–H and O–H groups in total. The van der Waals surface area contributed by atoms with Crippen molar-refractivity contribution in [1.29, 1.82) is 0 Å². The van der Waals surface area contributed by atoms with Gasteiger partial charge in [0.15, 0.2) is 0 Å². The summed E-state index contributed by atoms with van der Waals surface area (Å²) in [4.78, 5) is 0. The van der Waals surface area contributed by atoms with Crippen LogP contribution in [-0.4, -0.2) is 12.6 Å². The summed E-state index contributed by atoms with van der Waals surface area (Å²) in [7, 11) is 0. The van der Waals surface area contributed by atoms with Crippen LogP contribution in [0.3, 0.4) is 0 Å². The molecule has 0 radical (unpaired) electrons. The first-order valence-corrected chi connectivity index (χ1v) is 4.92. The quantitative estimate of drug-likeness (QED) is 0.654. The van der Waals surface area contributed by atoms with Crippen molar-refractivity contribution in [2.75, 3.05) is 6.54 Å². The largest absolute Gasteiger partial charge is 0.331 e. The molecule has 0 aliphatic heterocycles. The molecular weight excluding hydrogens is 160 g/mol. The van der Waals surface area contributed by atoms with E-state index in [2.05, 4.69) is 40.9 Å². The average molecular weight is 188 g/mol. The molecule has 0 aromatic heterocycles. The zero-order valence-electron chi connectivity index (χ0n) is 10.0. The highest BCUT2D eigenvalue weighted by Gasteiger charge is 2.10. The number of nitrogens with two attached hydrogens (primary N) is 2. The normalized spacial score (nSPS) is 13.2. The third-order valence-electron chi connectivity index (χ3n) is 1.88. The topological polar surface area (TPSA) is 52.0 Å². The Morgan fingerprint density at radius 1 is 1.08 bits per heavy atom. The molecule has 2 heteroatoms. The molecule has 0 fully saturated rings. The van der Waals surface area contributed by atoms with Gasteiger partial charge in [-0.1, -0.05) is 27.7 Å². The molecule has 13 heavy (non-hydrogen) atoms. The molecule has 0 aromatic rings. The van der Waals surface area contributed by atoms with E-state index < -0.39 is 0 Å². The zero-order chi connectivity index (χ0) is 11.4. The van der Waals surface area contributed by atoms with Gasteiger partial charge in [0.05, 0.1) is 0 Å². The van der Waals surface area contributed by atoms with Crippen molar-refractivity contribution in [2.45, 2.75) is 40.7 Å². The van der Waals surface area contributed by atoms with Crippen molar-refractivity contribution >= 4 is 0 Å². The molecule has 0 amide bonds. The van der Waals surface area contributed by atoms with Crippen molar-refractivity contribution in [3.63, 3.8) is 0 Å². The Hall–Kier alpha value is -0.340. The van der Waals surface area contributed by atoms with Crippen molar-refractivity contribution in [1.82, 2.24) is 0 Å². The van der Waals surface area contributed by atoms with Crippen LogP contribution in [-0.2, 0) is 0 Å². The lowest BCUT2D eigenvalue weighted by Gasteiger charge is -2.18. The lowest BCUT2D eigenvalue weighted by molar-refractivity contribution is 0.362. The van der Waals surface area contributed by atoms with Gasteiger partial charge in [-0.05, 0) is 25.3 Å². The summed E-state index contributed by atoms with van der Waals surface area (Å²) in [6.45, 7) is 17.3. The van der Waals surface area contributed by atoms with Gasteiger partial charge in [0.2, 0.25) is 0 Å². The predicted molar refractivity (Wildman–Crippen MR) is 63.6 cm³/mol. The van der Waals surface area contributed by atoms with Crippen LogP contribution in [0.2, 0.25) is 0 Å². The number of hydrogen-bond donors (Lipinski definition) is 2. The third-order valence-corrected chi connectivity index (χ3v) is 1.88. The fourth-order valence-corrected chi connectivity index (χ4v) is 0.607. The average Bonchev–Trinajstić information content (AvgIpc) is 2.08. The lowest BCUT2D eigenvalue weighted by Crippen LogP contribution is -2.27. The van der Waals surface area contributed by atoms with Crippen molar-refractivity contribution in [2.24, 2.45) is 23.3 Å². The van der Waals surface area contributed by atoms with Crippen molar-refractivity contribution in [3.8, 4) is 0 Å². The molecule has 82 valence electrons. The number of rotatable bonds is 2. The minimum atomic E-state index is 0.343. The molecule has 0 aliphatic rings. The first kappa shape index (κ1) is 18.4. The SMILES string of the molecule is C=C.CC(C)C(C)C(C)N.CCN. The van der Waals surface area contributed by atoms with Crippen LogP contribution >= 0.6 is 0 Å². The monoisotopic (exact) mass is 188 g/mol. The summed E-state index contributed by atoms with van der Waals surface area (Å²) in [6.07, 6.45) is 0. The van der Waals surface area contributed by atoms with Gasteiger partial charge in [-0.15, -0.1) is 13.2 Å². The van der Waals surface area contributed by atoms with E-state index in [0.717, 1.165) is 12.5 Å². The first-order chi connectivity index (χ1) is 5.97. The highest BCUT2D eigenvalue weighted by Crippen LogP contribution is 2.11. The second-order valence-corrected chi connectivity index (χ2v) is 3.37. The highest BCUT2D eigenvalue weighted by molar-refractivity contribution is 4.65. The summed E-state index contributed by atoms with van der Waals surface area (Å²) in [5, 5.41) is 0. The van der Waals surface area contributed by atoms with Gasteiger partial charge >= 0.3 is 0 Å². The summed E-state index contributed by atoms with van der Waals surface area (Å²) in [5.41, 5.74) is 10.5. The molecule has 0 aliphatic carbocycles. The van der Waals surface area contributed by atoms with Gasteiger partial charge in [-0.2, -0.15) is 0 Å². The Kier molecular flexibility index (Phi) is 20.1. The second-order valence-electron chi connectivity index (χ2n) is 3.37. The van der Waals surface area contributed by atoms with E-state index in [0.29, 0.717) is 12.0 Å². The molecule has 0 aromatic carbocycles. The van der Waals surface area contributed by atoms with Gasteiger partial charge in [0, 0.05) is 6.04 Å². The zero-order valence-corrected chi connectivity index (χ0v) is 10.0. The fraction of sp³-hybridized carbons (Fsp3) is 0.818. The maximum atomic E-state index is 5.64. The maximum Gasteiger partial charge on any atom is 0.00385 e. The van der Waals surface area contributed by atoms with E-state index in [4.69, 9.17) is 11.5 Å². The summed E-state index contributed by atoms with van der Waals surface area (Å²) in [5.74, 6) is 1.37. The van der Waals surface area contributed by atoms with Crippen molar-refractivity contribution < 1.29 is 0 Å². The Labute approximate surface area is 84.4 Å². The summed E-state index contributed by atoms with van der Waals surface area (Å²) in [6, 6.07) is 0.343. The molecule has 0 bridgehead atoms. The van der Waals surface area contributed by atoms with Crippen LogP contribution in [0, 0.1) is 11.8 Å². The minimum absolute atomic E-state index is 0.343. The molecule has 0 saturated heterocycles. The van der Waals surface area contributed by atoms with Crippen LogP contribution in [0.25, 0.3) is 0 Å². The summed E-state index contributed by atoms with van der Waals surface area (Å²) < 4.78 is 0. The molecule has 0 rings (SSSR count). The maximum absolute atomic E-state index is 5.64. The Morgan fingerprint density at radius 3 is 1.31 bits per heavy atom. The molecule has 2 atom stereocenters. The van der Waals surface area contributed by atoms with E-state index >= 15 is 0 Å². The van der Waals surface area contributed by atoms with Crippen LogP contribution in [0.5, 0.6) is 0 Å². The molecule has 0 saturated carbocycles. The van der Waals surface area contributed by atoms with E-state index in [1.165, 1.54) is 0 Å². The van der Waals surface area contributed by atoms with Crippen LogP contribution in [0.15, 0.2) is 13.2 Å². The van der Waals surface area contributed by atoms with Crippen LogP contribution in [0.1, 0.15) is 34.6 Å². The van der Waals surface area contributed by atoms with Gasteiger partial charge in [0.25, 0.3) is 0 Å². The Bertz CT molecular complexity index is 72.2. The first-order valence-electron chi connectivity index (χ1n) is 4.92. The highest BCUT2D eigenvalue weighted by atomic mass is 14.6. The van der Waals surface area contributed by atoms with Crippen LogP contribution in [0.4, 0.5) is 0 Å².